The first kappa shape index (κ1) is 30.2. The topological polar surface area (TPSA) is 122 Å². The Morgan fingerprint density at radius 2 is 1.90 bits per heavy atom. The third kappa shape index (κ3) is 6.12. The van der Waals surface area contributed by atoms with Crippen LogP contribution in [0, 0.1) is 0 Å². The van der Waals surface area contributed by atoms with Gasteiger partial charge in [-0.25, -0.2) is 13.4 Å². The van der Waals surface area contributed by atoms with E-state index in [4.69, 9.17) is 11.6 Å². The number of rotatable bonds is 5. The predicted molar refractivity (Wildman–Crippen MR) is 160 cm³/mol. The predicted octanol–water partition coefficient (Wildman–Crippen LogP) is 2.02. The molecule has 0 spiro atoms. The number of H-pyrrole nitrogens is 1. The molecule has 2 fully saturated rings. The molecule has 3 aliphatic heterocycles. The van der Waals surface area contributed by atoms with Crippen molar-refractivity contribution in [1.82, 2.24) is 34.3 Å². The van der Waals surface area contributed by atoms with Crippen molar-refractivity contribution in [2.75, 3.05) is 59.4 Å². The average Bonchev–Trinajstić information content (AvgIpc) is 3.57. The number of carbonyl (C=O) groups is 2. The van der Waals surface area contributed by atoms with E-state index in [2.05, 4.69) is 20.2 Å². The molecule has 2 amide bonds. The largest absolute Gasteiger partial charge is 0.345 e. The lowest BCUT2D eigenvalue weighted by Gasteiger charge is -2.41. The summed E-state index contributed by atoms with van der Waals surface area (Å²) in [7, 11) is -1.86. The van der Waals surface area contributed by atoms with Gasteiger partial charge in [-0.05, 0) is 31.3 Å². The van der Waals surface area contributed by atoms with Gasteiger partial charge in [0, 0.05) is 92.5 Å². The molecule has 2 saturated heterocycles. The zero-order valence-electron chi connectivity index (χ0n) is 22.6. The van der Waals surface area contributed by atoms with Gasteiger partial charge >= 0.3 is 0 Å². The zero-order chi connectivity index (χ0) is 28.0. The molecule has 11 nitrogen and oxygen atoms in total. The number of hydrogen-bond donors (Lipinski definition) is 2. The molecule has 2 N–H and O–H groups in total. The van der Waals surface area contributed by atoms with Gasteiger partial charge in [-0.2, -0.15) is 4.31 Å². The molecule has 1 aromatic carbocycles. The van der Waals surface area contributed by atoms with Crippen LogP contribution in [0.25, 0.3) is 10.9 Å². The Kier molecular flexibility index (Phi) is 8.95. The molecule has 41 heavy (non-hydrogen) atoms. The molecule has 3 aliphatic rings. The summed E-state index contributed by atoms with van der Waals surface area (Å²) in [6, 6.07) is 6.12. The number of amides is 2. The first-order chi connectivity index (χ1) is 19.2. The number of sulfonamides is 1. The summed E-state index contributed by atoms with van der Waals surface area (Å²) in [6.45, 7) is 4.57. The second-order valence-corrected chi connectivity index (χ2v) is 14.0. The number of likely N-dealkylation sites (N-methyl/N-ethyl adjacent to an activating group) is 1. The van der Waals surface area contributed by atoms with Crippen LogP contribution in [0.15, 0.2) is 29.3 Å². The summed E-state index contributed by atoms with van der Waals surface area (Å²) in [4.78, 5) is 41.5. The number of carbonyl (C=O) groups excluding carboxylic acids is 2. The fourth-order valence-electron chi connectivity index (χ4n) is 5.62. The number of thiazole rings is 1. The van der Waals surface area contributed by atoms with Crippen LogP contribution in [-0.4, -0.2) is 115 Å². The van der Waals surface area contributed by atoms with Crippen molar-refractivity contribution in [3.05, 3.63) is 44.9 Å². The highest BCUT2D eigenvalue weighted by atomic mass is 35.5. The SMILES string of the molecule is CN1CCc2nc(C(=O)N3CCN(S(=O)(=O)c4cc5cc(Cl)ccc5[nH]4)CC3CC(=O)N3CCNCC3)sc2C1.Cl. The second kappa shape index (κ2) is 12.2. The molecule has 1 unspecified atom stereocenters. The number of aromatic nitrogens is 2. The summed E-state index contributed by atoms with van der Waals surface area (Å²) < 4.78 is 28.8. The maximum Gasteiger partial charge on any atom is 0.283 e. The van der Waals surface area contributed by atoms with Crippen LogP contribution in [-0.2, 0) is 27.8 Å². The summed E-state index contributed by atoms with van der Waals surface area (Å²) in [5.74, 6) is -0.318. The number of nitrogens with one attached hydrogen (secondary N) is 2. The van der Waals surface area contributed by atoms with E-state index in [-0.39, 0.29) is 55.3 Å². The van der Waals surface area contributed by atoms with Gasteiger partial charge in [0.05, 0.1) is 11.7 Å². The Morgan fingerprint density at radius 3 is 2.68 bits per heavy atom. The minimum atomic E-state index is -3.91. The van der Waals surface area contributed by atoms with Crippen molar-refractivity contribution >= 4 is 68.1 Å². The molecule has 5 heterocycles. The highest BCUT2D eigenvalue weighted by Crippen LogP contribution is 2.29. The quantitative estimate of drug-likeness (QED) is 0.437. The molecule has 0 radical (unpaired) electrons. The molecule has 2 aromatic heterocycles. The van der Waals surface area contributed by atoms with Crippen LogP contribution in [0.2, 0.25) is 5.02 Å². The van der Waals surface area contributed by atoms with Crippen LogP contribution in [0.3, 0.4) is 0 Å². The third-order valence-electron chi connectivity index (χ3n) is 7.87. The molecule has 222 valence electrons. The smallest absolute Gasteiger partial charge is 0.283 e. The van der Waals surface area contributed by atoms with Crippen molar-refractivity contribution < 1.29 is 18.0 Å². The number of aromatic amines is 1. The zero-order valence-corrected chi connectivity index (χ0v) is 25.8. The molecule has 3 aromatic rings. The van der Waals surface area contributed by atoms with Crippen LogP contribution in [0.4, 0.5) is 0 Å². The van der Waals surface area contributed by atoms with Crippen molar-refractivity contribution in [1.29, 1.82) is 0 Å². The Morgan fingerprint density at radius 1 is 1.12 bits per heavy atom. The molecule has 1 atom stereocenters. The van der Waals surface area contributed by atoms with Crippen molar-refractivity contribution in [3.8, 4) is 0 Å². The standard InChI is InChI=1S/C26H32ClN7O4S2.ClH/c1-31-7-4-21-22(16-31)39-25(30-21)26(36)34-11-10-33(15-19(34)14-24(35)32-8-5-28-6-9-32)40(37,38)23-13-17-12-18(27)2-3-20(17)29-23;/h2-3,12-13,19,28-29H,4-11,14-16H2,1H3;1H. The van der Waals surface area contributed by atoms with Gasteiger partial charge < -0.3 is 25.0 Å². The maximum atomic E-state index is 13.8. The number of halogens is 2. The van der Waals surface area contributed by atoms with E-state index in [0.29, 0.717) is 47.1 Å². The van der Waals surface area contributed by atoms with Crippen molar-refractivity contribution in [2.24, 2.45) is 0 Å². The minimum Gasteiger partial charge on any atom is -0.345 e. The number of fused-ring (bicyclic) bond motifs is 2. The summed E-state index contributed by atoms with van der Waals surface area (Å²) in [6.07, 6.45) is 0.843. The van der Waals surface area contributed by atoms with Crippen LogP contribution < -0.4 is 5.32 Å². The lowest BCUT2D eigenvalue weighted by Crippen LogP contribution is -2.58. The van der Waals surface area contributed by atoms with E-state index in [1.165, 1.54) is 15.6 Å². The van der Waals surface area contributed by atoms with Gasteiger partial charge in [0.15, 0.2) is 5.01 Å². The molecule has 0 saturated carbocycles. The van der Waals surface area contributed by atoms with Crippen molar-refractivity contribution in [2.45, 2.75) is 30.5 Å². The monoisotopic (exact) mass is 641 g/mol. The molecular formula is C26H33Cl2N7O4S2. The van der Waals surface area contributed by atoms with E-state index in [0.717, 1.165) is 30.1 Å². The number of nitrogens with zero attached hydrogens (tertiary/aromatic N) is 5. The highest BCUT2D eigenvalue weighted by Gasteiger charge is 2.40. The summed E-state index contributed by atoms with van der Waals surface area (Å²) in [5, 5.41) is 4.93. The van der Waals surface area contributed by atoms with Crippen LogP contribution in [0.5, 0.6) is 0 Å². The Hall–Kier alpha value is -2.26. The molecule has 15 heteroatoms. The van der Waals surface area contributed by atoms with Gasteiger partial charge in [-0.3, -0.25) is 9.59 Å². The van der Waals surface area contributed by atoms with Gasteiger partial charge in [-0.1, -0.05) is 11.6 Å². The first-order valence-corrected chi connectivity index (χ1v) is 16.1. The third-order valence-corrected chi connectivity index (χ3v) is 11.0. The minimum absolute atomic E-state index is 0. The lowest BCUT2D eigenvalue weighted by atomic mass is 10.1. The molecule has 6 rings (SSSR count). The number of benzene rings is 1. The van der Waals surface area contributed by atoms with E-state index >= 15 is 0 Å². The normalized spacial score (nSPS) is 20.6. The van der Waals surface area contributed by atoms with E-state index < -0.39 is 16.1 Å². The summed E-state index contributed by atoms with van der Waals surface area (Å²) >= 11 is 7.50. The molecule has 0 bridgehead atoms. The fourth-order valence-corrected chi connectivity index (χ4v) is 8.43. The van der Waals surface area contributed by atoms with E-state index in [9.17, 15) is 18.0 Å². The van der Waals surface area contributed by atoms with Crippen LogP contribution >= 0.6 is 35.3 Å². The Balaban J connectivity index is 0.00000337. The number of piperazine rings is 2. The molecular weight excluding hydrogens is 609 g/mol. The maximum absolute atomic E-state index is 13.8. The average molecular weight is 643 g/mol. The fraction of sp³-hybridized carbons (Fsp3) is 0.500. The van der Waals surface area contributed by atoms with Gasteiger partial charge in [0.2, 0.25) is 5.91 Å². The van der Waals surface area contributed by atoms with Gasteiger partial charge in [0.25, 0.3) is 15.9 Å². The molecule has 0 aliphatic carbocycles. The van der Waals surface area contributed by atoms with E-state index in [1.807, 2.05) is 7.05 Å². The number of hydrogen-bond acceptors (Lipinski definition) is 8. The Labute approximate surface area is 254 Å². The highest BCUT2D eigenvalue weighted by molar-refractivity contribution is 7.89. The van der Waals surface area contributed by atoms with Gasteiger partial charge in [-0.15, -0.1) is 23.7 Å². The Bertz CT molecular complexity index is 1550. The van der Waals surface area contributed by atoms with Gasteiger partial charge in [0.1, 0.15) is 5.03 Å². The lowest BCUT2D eigenvalue weighted by molar-refractivity contribution is -0.133. The van der Waals surface area contributed by atoms with E-state index in [1.54, 1.807) is 34.1 Å². The summed E-state index contributed by atoms with van der Waals surface area (Å²) in [5.41, 5.74) is 1.63. The van der Waals surface area contributed by atoms with Crippen molar-refractivity contribution in [3.63, 3.8) is 0 Å². The first-order valence-electron chi connectivity index (χ1n) is 13.4. The second-order valence-electron chi connectivity index (χ2n) is 10.6. The van der Waals surface area contributed by atoms with Crippen LogP contribution in [0.1, 0.15) is 26.8 Å².